The van der Waals surface area contributed by atoms with Gasteiger partial charge in [0.05, 0.1) is 6.61 Å². The molecule has 0 aliphatic carbocycles. The van der Waals surface area contributed by atoms with Crippen molar-refractivity contribution < 1.29 is 23.1 Å². The Morgan fingerprint density at radius 2 is 2.08 bits per heavy atom. The molecule has 3 nitrogen and oxygen atoms in total. The van der Waals surface area contributed by atoms with Gasteiger partial charge in [0.1, 0.15) is 6.42 Å². The summed E-state index contributed by atoms with van der Waals surface area (Å²) in [5.74, 6) is -1.12. The van der Waals surface area contributed by atoms with Gasteiger partial charge < -0.3 is 10.4 Å². The first kappa shape index (κ1) is 11.2. The molecule has 0 radical (unpaired) electrons. The van der Waals surface area contributed by atoms with Crippen molar-refractivity contribution >= 4 is 5.91 Å². The SMILES string of the molecule is C[C@@H](CO)NC(=O)CC(F)(F)F. The zero-order valence-corrected chi connectivity index (χ0v) is 6.48. The van der Waals surface area contributed by atoms with Crippen LogP contribution in [-0.2, 0) is 4.79 Å². The summed E-state index contributed by atoms with van der Waals surface area (Å²) in [5.41, 5.74) is 0. The highest BCUT2D eigenvalue weighted by atomic mass is 19.4. The lowest BCUT2D eigenvalue weighted by molar-refractivity contribution is -0.154. The lowest BCUT2D eigenvalue weighted by Crippen LogP contribution is -2.37. The van der Waals surface area contributed by atoms with Gasteiger partial charge in [0, 0.05) is 6.04 Å². The van der Waals surface area contributed by atoms with Crippen LogP contribution in [0.3, 0.4) is 0 Å². The second-order valence-corrected chi connectivity index (χ2v) is 2.44. The third-order valence-corrected chi connectivity index (χ3v) is 1.04. The van der Waals surface area contributed by atoms with Crippen LogP contribution in [-0.4, -0.2) is 29.8 Å². The van der Waals surface area contributed by atoms with Crippen LogP contribution >= 0.6 is 0 Å². The molecule has 0 aromatic heterocycles. The molecule has 0 unspecified atom stereocenters. The first-order valence-electron chi connectivity index (χ1n) is 3.32. The van der Waals surface area contributed by atoms with Crippen LogP contribution < -0.4 is 5.32 Å². The normalized spacial score (nSPS) is 14.1. The molecular weight excluding hydrogens is 175 g/mol. The number of amides is 1. The van der Waals surface area contributed by atoms with Gasteiger partial charge in [0.15, 0.2) is 0 Å². The maximum absolute atomic E-state index is 11.5. The summed E-state index contributed by atoms with van der Waals surface area (Å²) in [5, 5.41) is 10.4. The fraction of sp³-hybridized carbons (Fsp3) is 0.833. The van der Waals surface area contributed by atoms with Gasteiger partial charge in [-0.1, -0.05) is 0 Å². The number of aliphatic hydroxyl groups is 1. The Balaban J connectivity index is 3.75. The van der Waals surface area contributed by atoms with Crippen LogP contribution in [0.4, 0.5) is 13.2 Å². The van der Waals surface area contributed by atoms with Gasteiger partial charge in [-0.3, -0.25) is 4.79 Å². The molecule has 0 saturated carbocycles. The van der Waals surface area contributed by atoms with Crippen molar-refractivity contribution in [1.29, 1.82) is 0 Å². The molecule has 0 aromatic rings. The molecule has 0 bridgehead atoms. The molecular formula is C6H10F3NO2. The number of carbonyl (C=O) groups excluding carboxylic acids is 1. The fourth-order valence-corrected chi connectivity index (χ4v) is 0.554. The zero-order valence-electron chi connectivity index (χ0n) is 6.48. The van der Waals surface area contributed by atoms with Gasteiger partial charge in [-0.15, -0.1) is 0 Å². The minimum Gasteiger partial charge on any atom is -0.394 e. The largest absolute Gasteiger partial charge is 0.397 e. The second-order valence-electron chi connectivity index (χ2n) is 2.44. The molecule has 2 N–H and O–H groups in total. The van der Waals surface area contributed by atoms with E-state index in [1.54, 1.807) is 0 Å². The molecule has 0 aliphatic rings. The Morgan fingerprint density at radius 3 is 2.42 bits per heavy atom. The number of rotatable bonds is 3. The lowest BCUT2D eigenvalue weighted by atomic mass is 10.3. The van der Waals surface area contributed by atoms with Crippen molar-refractivity contribution in [3.63, 3.8) is 0 Å². The van der Waals surface area contributed by atoms with Crippen molar-refractivity contribution in [2.24, 2.45) is 0 Å². The van der Waals surface area contributed by atoms with E-state index in [0.717, 1.165) is 0 Å². The van der Waals surface area contributed by atoms with Crippen LogP contribution in [0.15, 0.2) is 0 Å². The maximum atomic E-state index is 11.5. The predicted molar refractivity (Wildman–Crippen MR) is 35.4 cm³/mol. The van der Waals surface area contributed by atoms with Crippen LogP contribution in [0.2, 0.25) is 0 Å². The van der Waals surface area contributed by atoms with Crippen molar-refractivity contribution in [3.8, 4) is 0 Å². The minimum atomic E-state index is -4.49. The molecule has 0 saturated heterocycles. The number of hydrogen-bond donors (Lipinski definition) is 2. The van der Waals surface area contributed by atoms with E-state index in [0.29, 0.717) is 0 Å². The molecule has 12 heavy (non-hydrogen) atoms. The van der Waals surface area contributed by atoms with E-state index in [1.807, 2.05) is 5.32 Å². The molecule has 0 rings (SSSR count). The van der Waals surface area contributed by atoms with Crippen molar-refractivity contribution in [3.05, 3.63) is 0 Å². The quantitative estimate of drug-likeness (QED) is 0.670. The summed E-state index contributed by atoms with van der Waals surface area (Å²) >= 11 is 0. The third-order valence-electron chi connectivity index (χ3n) is 1.04. The molecule has 0 aliphatic heterocycles. The molecule has 0 heterocycles. The summed E-state index contributed by atoms with van der Waals surface area (Å²) < 4.78 is 34.6. The first-order valence-corrected chi connectivity index (χ1v) is 3.32. The monoisotopic (exact) mass is 185 g/mol. The third kappa shape index (κ3) is 5.96. The van der Waals surface area contributed by atoms with Gasteiger partial charge in [-0.05, 0) is 6.92 Å². The Kier molecular flexibility index (Phi) is 4.02. The Morgan fingerprint density at radius 1 is 1.58 bits per heavy atom. The number of hydrogen-bond acceptors (Lipinski definition) is 2. The van der Waals surface area contributed by atoms with E-state index in [4.69, 9.17) is 5.11 Å². The van der Waals surface area contributed by atoms with E-state index in [1.165, 1.54) is 6.92 Å². The number of aliphatic hydroxyl groups excluding tert-OH is 1. The summed E-state index contributed by atoms with van der Waals surface area (Å²) in [6.45, 7) is 1.04. The van der Waals surface area contributed by atoms with E-state index < -0.39 is 24.5 Å². The molecule has 6 heteroatoms. The zero-order chi connectivity index (χ0) is 9.78. The standard InChI is InChI=1S/C6H10F3NO2/c1-4(3-11)10-5(12)2-6(7,8)9/h4,11H,2-3H2,1H3,(H,10,12)/t4-/m0/s1. The number of halogens is 3. The van der Waals surface area contributed by atoms with E-state index in [2.05, 4.69) is 0 Å². The molecule has 0 fully saturated rings. The smallest absolute Gasteiger partial charge is 0.394 e. The minimum absolute atomic E-state index is 0.371. The van der Waals surface area contributed by atoms with Gasteiger partial charge >= 0.3 is 6.18 Å². The average Bonchev–Trinajstić information content (AvgIpc) is 1.82. The van der Waals surface area contributed by atoms with Gasteiger partial charge in [-0.2, -0.15) is 13.2 Å². The summed E-state index contributed by atoms with van der Waals surface area (Å²) in [7, 11) is 0. The number of alkyl halides is 3. The first-order chi connectivity index (χ1) is 5.35. The van der Waals surface area contributed by atoms with Gasteiger partial charge in [-0.25, -0.2) is 0 Å². The summed E-state index contributed by atoms with van der Waals surface area (Å²) in [6, 6.07) is -0.639. The topological polar surface area (TPSA) is 49.3 Å². The Labute approximate surface area is 67.6 Å². The highest BCUT2D eigenvalue weighted by Crippen LogP contribution is 2.18. The van der Waals surface area contributed by atoms with Crippen LogP contribution in [0.5, 0.6) is 0 Å². The Bertz CT molecular complexity index is 157. The van der Waals surface area contributed by atoms with Crippen molar-refractivity contribution in [2.45, 2.75) is 25.6 Å². The predicted octanol–water partition coefficient (Wildman–Crippen LogP) is 0.436. The number of carbonyl (C=O) groups is 1. The van der Waals surface area contributed by atoms with E-state index >= 15 is 0 Å². The molecule has 72 valence electrons. The van der Waals surface area contributed by atoms with Crippen LogP contribution in [0, 0.1) is 0 Å². The van der Waals surface area contributed by atoms with Crippen molar-refractivity contribution in [1.82, 2.24) is 5.32 Å². The highest BCUT2D eigenvalue weighted by Gasteiger charge is 2.31. The van der Waals surface area contributed by atoms with Crippen LogP contribution in [0.25, 0.3) is 0 Å². The van der Waals surface area contributed by atoms with Crippen LogP contribution in [0.1, 0.15) is 13.3 Å². The summed E-state index contributed by atoms with van der Waals surface area (Å²) in [4.78, 5) is 10.5. The van der Waals surface area contributed by atoms with Gasteiger partial charge in [0.2, 0.25) is 5.91 Å². The lowest BCUT2D eigenvalue weighted by Gasteiger charge is -2.11. The maximum Gasteiger partial charge on any atom is 0.397 e. The fourth-order valence-electron chi connectivity index (χ4n) is 0.554. The molecule has 0 spiro atoms. The van der Waals surface area contributed by atoms with Gasteiger partial charge in [0.25, 0.3) is 0 Å². The van der Waals surface area contributed by atoms with E-state index in [-0.39, 0.29) is 6.61 Å². The summed E-state index contributed by atoms with van der Waals surface area (Å²) in [6.07, 6.45) is -5.99. The second kappa shape index (κ2) is 4.30. The highest BCUT2D eigenvalue weighted by molar-refractivity contribution is 5.76. The Hall–Kier alpha value is -0.780. The van der Waals surface area contributed by atoms with Crippen molar-refractivity contribution in [2.75, 3.05) is 6.61 Å². The van der Waals surface area contributed by atoms with E-state index in [9.17, 15) is 18.0 Å². The number of nitrogens with one attached hydrogen (secondary N) is 1. The molecule has 1 atom stereocenters. The average molecular weight is 185 g/mol. The molecule has 0 aromatic carbocycles. The molecule has 1 amide bonds.